The fourth-order valence-electron chi connectivity index (χ4n) is 2.77. The highest BCUT2D eigenvalue weighted by Crippen LogP contribution is 2.15. The Morgan fingerprint density at radius 3 is 2.04 bits per heavy atom. The van der Waals surface area contributed by atoms with Crippen LogP contribution in [0.3, 0.4) is 0 Å². The summed E-state index contributed by atoms with van der Waals surface area (Å²) >= 11 is 0. The van der Waals surface area contributed by atoms with E-state index in [1.54, 1.807) is 31.2 Å². The van der Waals surface area contributed by atoms with E-state index in [4.69, 9.17) is 0 Å². The highest BCUT2D eigenvalue weighted by atomic mass is 16.2. The first-order valence-electron chi connectivity index (χ1n) is 9.12. The van der Waals surface area contributed by atoms with E-state index >= 15 is 0 Å². The Morgan fingerprint density at radius 1 is 0.846 bits per heavy atom. The summed E-state index contributed by atoms with van der Waals surface area (Å²) in [5.74, 6) is 0.166. The number of hydrogen-bond acceptors (Lipinski definition) is 2. The highest BCUT2D eigenvalue weighted by Gasteiger charge is 2.18. The van der Waals surface area contributed by atoms with Crippen molar-refractivity contribution in [1.82, 2.24) is 10.6 Å². The molecule has 2 aromatic rings. The molecule has 2 N–H and O–H groups in total. The van der Waals surface area contributed by atoms with E-state index in [2.05, 4.69) is 48.7 Å². The zero-order valence-electron chi connectivity index (χ0n) is 16.0. The minimum Gasteiger partial charge on any atom is -0.348 e. The average Bonchev–Trinajstić information content (AvgIpc) is 2.62. The van der Waals surface area contributed by atoms with Crippen molar-refractivity contribution in [2.45, 2.75) is 46.2 Å². The third-order valence-corrected chi connectivity index (χ3v) is 4.26. The van der Waals surface area contributed by atoms with Gasteiger partial charge in [-0.25, -0.2) is 0 Å². The van der Waals surface area contributed by atoms with Crippen LogP contribution in [0.5, 0.6) is 0 Å². The normalized spacial score (nSPS) is 13.1. The van der Waals surface area contributed by atoms with Gasteiger partial charge in [-0.2, -0.15) is 0 Å². The number of amides is 2. The van der Waals surface area contributed by atoms with E-state index in [1.807, 2.05) is 13.0 Å². The maximum atomic E-state index is 12.4. The van der Waals surface area contributed by atoms with Crippen molar-refractivity contribution in [3.63, 3.8) is 0 Å². The number of nitrogens with one attached hydrogen (secondary N) is 2. The van der Waals surface area contributed by atoms with E-state index in [0.717, 1.165) is 12.0 Å². The summed E-state index contributed by atoms with van der Waals surface area (Å²) in [6.07, 6.45) is 1.05. The lowest BCUT2D eigenvalue weighted by atomic mass is 10.00. The molecule has 0 aliphatic carbocycles. The largest absolute Gasteiger partial charge is 0.348 e. The highest BCUT2D eigenvalue weighted by molar-refractivity contribution is 5.97. The molecule has 0 spiro atoms. The number of benzene rings is 2. The Morgan fingerprint density at radius 2 is 1.46 bits per heavy atom. The molecule has 2 unspecified atom stereocenters. The van der Waals surface area contributed by atoms with Gasteiger partial charge in [0.2, 0.25) is 5.91 Å². The topological polar surface area (TPSA) is 58.2 Å². The van der Waals surface area contributed by atoms with Gasteiger partial charge >= 0.3 is 0 Å². The molecule has 2 amide bonds. The average molecular weight is 352 g/mol. The minimum atomic E-state index is -0.606. The summed E-state index contributed by atoms with van der Waals surface area (Å²) in [5.41, 5.74) is 2.89. The van der Waals surface area contributed by atoms with Crippen LogP contribution in [0.2, 0.25) is 0 Å². The lowest BCUT2D eigenvalue weighted by molar-refractivity contribution is -0.123. The summed E-state index contributed by atoms with van der Waals surface area (Å²) in [4.78, 5) is 24.5. The van der Waals surface area contributed by atoms with Gasteiger partial charge in [0.15, 0.2) is 0 Å². The molecule has 4 nitrogen and oxygen atoms in total. The molecule has 0 aliphatic rings. The van der Waals surface area contributed by atoms with Gasteiger partial charge < -0.3 is 10.6 Å². The van der Waals surface area contributed by atoms with E-state index in [1.165, 1.54) is 5.56 Å². The van der Waals surface area contributed by atoms with Crippen LogP contribution in [0.15, 0.2) is 54.6 Å². The Labute approximate surface area is 156 Å². The van der Waals surface area contributed by atoms with Crippen LogP contribution in [0.1, 0.15) is 55.2 Å². The van der Waals surface area contributed by atoms with Gasteiger partial charge in [0.1, 0.15) is 6.04 Å². The van der Waals surface area contributed by atoms with Gasteiger partial charge in [0, 0.05) is 5.56 Å². The van der Waals surface area contributed by atoms with Gasteiger partial charge in [-0.15, -0.1) is 0 Å². The first kappa shape index (κ1) is 19.7. The fourth-order valence-corrected chi connectivity index (χ4v) is 2.77. The van der Waals surface area contributed by atoms with Crippen molar-refractivity contribution in [3.05, 3.63) is 71.3 Å². The number of carbonyl (C=O) groups excluding carboxylic acids is 2. The third-order valence-electron chi connectivity index (χ3n) is 4.26. The molecule has 0 aliphatic heterocycles. The number of hydrogen-bond donors (Lipinski definition) is 2. The molecule has 2 rings (SSSR count). The van der Waals surface area contributed by atoms with Gasteiger partial charge in [-0.05, 0) is 49.4 Å². The molecule has 4 heteroatoms. The predicted octanol–water partition coefficient (Wildman–Crippen LogP) is 3.88. The van der Waals surface area contributed by atoms with Crippen molar-refractivity contribution in [2.75, 3.05) is 0 Å². The molecular formula is C22H28N2O2. The van der Waals surface area contributed by atoms with Gasteiger partial charge in [0.25, 0.3) is 5.91 Å². The smallest absolute Gasteiger partial charge is 0.251 e. The lowest BCUT2D eigenvalue weighted by Gasteiger charge is -2.19. The van der Waals surface area contributed by atoms with Crippen molar-refractivity contribution in [3.8, 4) is 0 Å². The first-order valence-corrected chi connectivity index (χ1v) is 9.12. The molecule has 26 heavy (non-hydrogen) atoms. The second kappa shape index (κ2) is 9.18. The molecule has 0 bridgehead atoms. The van der Waals surface area contributed by atoms with E-state index in [0.29, 0.717) is 11.5 Å². The second-order valence-electron chi connectivity index (χ2n) is 7.13. The molecule has 2 atom stereocenters. The van der Waals surface area contributed by atoms with E-state index < -0.39 is 6.04 Å². The van der Waals surface area contributed by atoms with E-state index in [9.17, 15) is 9.59 Å². The Kier molecular flexibility index (Phi) is 6.96. The summed E-state index contributed by atoms with van der Waals surface area (Å²) in [6.45, 7) is 8.03. The molecule has 0 radical (unpaired) electrons. The maximum Gasteiger partial charge on any atom is 0.251 e. The van der Waals surface area contributed by atoms with Crippen LogP contribution in [0.25, 0.3) is 0 Å². The van der Waals surface area contributed by atoms with Crippen molar-refractivity contribution < 1.29 is 9.59 Å². The van der Waals surface area contributed by atoms with E-state index in [-0.39, 0.29) is 17.9 Å². The summed E-state index contributed by atoms with van der Waals surface area (Å²) in [6, 6.07) is 16.5. The van der Waals surface area contributed by atoms with Crippen LogP contribution in [0, 0.1) is 5.92 Å². The van der Waals surface area contributed by atoms with Crippen LogP contribution in [0.4, 0.5) is 0 Å². The van der Waals surface area contributed by atoms with Crippen molar-refractivity contribution in [1.29, 1.82) is 0 Å². The first-order chi connectivity index (χ1) is 12.4. The lowest BCUT2D eigenvalue weighted by Crippen LogP contribution is -2.45. The van der Waals surface area contributed by atoms with Gasteiger partial charge in [-0.3, -0.25) is 9.59 Å². The molecule has 0 fully saturated rings. The molecule has 0 saturated heterocycles. The standard InChI is InChI=1S/C22H28N2O2/c1-15(2)14-18-10-12-19(13-11-18)16(3)23-21(25)17(4)24-22(26)20-8-6-5-7-9-20/h5-13,15-17H,14H2,1-4H3,(H,23,25)(H,24,26). The second-order valence-corrected chi connectivity index (χ2v) is 7.13. The summed E-state index contributed by atoms with van der Waals surface area (Å²) in [7, 11) is 0. The quantitative estimate of drug-likeness (QED) is 0.794. The van der Waals surface area contributed by atoms with Gasteiger partial charge in [0.05, 0.1) is 6.04 Å². The number of carbonyl (C=O) groups is 2. The molecular weight excluding hydrogens is 324 g/mol. The van der Waals surface area contributed by atoms with Crippen molar-refractivity contribution in [2.24, 2.45) is 5.92 Å². The van der Waals surface area contributed by atoms with Crippen LogP contribution in [-0.2, 0) is 11.2 Å². The monoisotopic (exact) mass is 352 g/mol. The Hall–Kier alpha value is -2.62. The molecule has 0 saturated carbocycles. The molecule has 0 heterocycles. The SMILES string of the molecule is CC(C)Cc1ccc(C(C)NC(=O)C(C)NC(=O)c2ccccc2)cc1. The van der Waals surface area contributed by atoms with Crippen LogP contribution >= 0.6 is 0 Å². The van der Waals surface area contributed by atoms with Gasteiger partial charge in [-0.1, -0.05) is 56.3 Å². The number of rotatable bonds is 7. The Bertz CT molecular complexity index is 724. The minimum absolute atomic E-state index is 0.119. The molecule has 138 valence electrons. The summed E-state index contributed by atoms with van der Waals surface area (Å²) < 4.78 is 0. The predicted molar refractivity (Wildman–Crippen MR) is 105 cm³/mol. The van der Waals surface area contributed by atoms with Crippen molar-refractivity contribution >= 4 is 11.8 Å². The zero-order valence-corrected chi connectivity index (χ0v) is 16.0. The molecule has 0 aromatic heterocycles. The van der Waals surface area contributed by atoms with Crippen LogP contribution in [-0.4, -0.2) is 17.9 Å². The fraction of sp³-hybridized carbons (Fsp3) is 0.364. The maximum absolute atomic E-state index is 12.4. The van der Waals surface area contributed by atoms with Crippen LogP contribution < -0.4 is 10.6 Å². The molecule has 2 aromatic carbocycles. The Balaban J connectivity index is 1.90. The summed E-state index contributed by atoms with van der Waals surface area (Å²) in [5, 5.41) is 5.69. The third kappa shape index (κ3) is 5.73. The zero-order chi connectivity index (χ0) is 19.1.